The Morgan fingerprint density at radius 2 is 2.24 bits per heavy atom. The molecule has 1 rings (SSSR count). The molecule has 4 nitrogen and oxygen atoms in total. The largest absolute Gasteiger partial charge is 0.496 e. The maximum Gasteiger partial charge on any atom is 0.339 e. The van der Waals surface area contributed by atoms with Gasteiger partial charge in [-0.15, -0.1) is 11.8 Å². The van der Waals surface area contributed by atoms with E-state index in [1.165, 1.54) is 11.8 Å². The van der Waals surface area contributed by atoms with Crippen LogP contribution in [0.4, 0.5) is 0 Å². The Labute approximate surface area is 105 Å². The summed E-state index contributed by atoms with van der Waals surface area (Å²) in [5.41, 5.74) is 0.508. The molecule has 1 aromatic rings. The lowest BCUT2D eigenvalue weighted by atomic mass is 10.1. The molecule has 0 bridgehead atoms. The summed E-state index contributed by atoms with van der Waals surface area (Å²) in [7, 11) is 1.58. The Morgan fingerprint density at radius 1 is 1.53 bits per heavy atom. The zero-order chi connectivity index (χ0) is 12.8. The lowest BCUT2D eigenvalue weighted by Gasteiger charge is -2.12. The number of hydrogen-bond acceptors (Lipinski definition) is 5. The number of rotatable bonds is 5. The number of carbonyl (C=O) groups excluding carboxylic acids is 1. The van der Waals surface area contributed by atoms with Crippen LogP contribution in [0.2, 0.25) is 0 Å². The number of ether oxygens (including phenoxy) is 2. The molecule has 0 aliphatic carbocycles. The second-order valence-electron chi connectivity index (χ2n) is 3.27. The summed E-state index contributed by atoms with van der Waals surface area (Å²) in [6, 6.07) is 5.11. The first-order valence-electron chi connectivity index (χ1n) is 5.20. The molecule has 1 aromatic carbocycles. The van der Waals surface area contributed by atoms with E-state index in [1.54, 1.807) is 32.2 Å². The van der Waals surface area contributed by atoms with Gasteiger partial charge in [-0.05, 0) is 30.9 Å². The number of esters is 1. The van der Waals surface area contributed by atoms with Gasteiger partial charge in [0.15, 0.2) is 6.10 Å². The summed E-state index contributed by atoms with van der Waals surface area (Å²) >= 11 is 1.49. The van der Waals surface area contributed by atoms with Gasteiger partial charge in [-0.25, -0.2) is 4.79 Å². The summed E-state index contributed by atoms with van der Waals surface area (Å²) in [6.07, 6.45) is 0.657. The van der Waals surface area contributed by atoms with Gasteiger partial charge in [-0.2, -0.15) is 0 Å². The molecule has 0 radical (unpaired) electrons. The maximum atomic E-state index is 11.4. The molecule has 0 saturated heterocycles. The molecule has 0 aliphatic heterocycles. The van der Waals surface area contributed by atoms with Crippen LogP contribution in [0, 0.1) is 0 Å². The standard InChI is InChI=1S/C12H16O4S/c1-4-16-12(14)11(13)8-5-6-9(15-2)10(7-8)17-3/h5-7,11,13H,4H2,1-3H3. The molecule has 0 fully saturated rings. The van der Waals surface area contributed by atoms with Crippen molar-refractivity contribution < 1.29 is 19.4 Å². The van der Waals surface area contributed by atoms with Crippen LogP contribution < -0.4 is 4.74 Å². The summed E-state index contributed by atoms with van der Waals surface area (Å²) < 4.78 is 9.92. The highest BCUT2D eigenvalue weighted by atomic mass is 32.2. The number of methoxy groups -OCH3 is 1. The van der Waals surface area contributed by atoms with E-state index in [0.29, 0.717) is 5.56 Å². The molecule has 1 N–H and O–H groups in total. The Kier molecular flexibility index (Phi) is 5.31. The van der Waals surface area contributed by atoms with Gasteiger partial charge in [0.05, 0.1) is 13.7 Å². The number of aliphatic hydroxyl groups excluding tert-OH is 1. The second kappa shape index (κ2) is 6.51. The molecule has 0 saturated carbocycles. The van der Waals surface area contributed by atoms with E-state index in [4.69, 9.17) is 9.47 Å². The maximum absolute atomic E-state index is 11.4. The zero-order valence-electron chi connectivity index (χ0n) is 10.1. The molecular weight excluding hydrogens is 240 g/mol. The van der Waals surface area contributed by atoms with E-state index in [9.17, 15) is 9.90 Å². The van der Waals surface area contributed by atoms with Gasteiger partial charge in [0, 0.05) is 4.90 Å². The molecule has 1 atom stereocenters. The normalized spacial score (nSPS) is 12.0. The molecule has 0 aliphatic rings. The van der Waals surface area contributed by atoms with Crippen molar-refractivity contribution in [3.05, 3.63) is 23.8 Å². The lowest BCUT2D eigenvalue weighted by Crippen LogP contribution is -2.15. The fraction of sp³-hybridized carbons (Fsp3) is 0.417. The minimum absolute atomic E-state index is 0.251. The number of thioether (sulfide) groups is 1. The van der Waals surface area contributed by atoms with Crippen molar-refractivity contribution in [1.82, 2.24) is 0 Å². The molecule has 17 heavy (non-hydrogen) atoms. The third kappa shape index (κ3) is 3.38. The van der Waals surface area contributed by atoms with E-state index in [0.717, 1.165) is 10.6 Å². The molecule has 5 heteroatoms. The van der Waals surface area contributed by atoms with Crippen molar-refractivity contribution in [3.8, 4) is 5.75 Å². The van der Waals surface area contributed by atoms with E-state index in [2.05, 4.69) is 0 Å². The Bertz CT molecular complexity index is 392. The lowest BCUT2D eigenvalue weighted by molar-refractivity contribution is -0.153. The molecule has 1 unspecified atom stereocenters. The molecule has 0 amide bonds. The third-order valence-electron chi connectivity index (χ3n) is 2.23. The van der Waals surface area contributed by atoms with Gasteiger partial charge in [0.2, 0.25) is 0 Å². The topological polar surface area (TPSA) is 55.8 Å². The van der Waals surface area contributed by atoms with Crippen molar-refractivity contribution in [2.75, 3.05) is 20.0 Å². The van der Waals surface area contributed by atoms with Crippen LogP contribution in [0.15, 0.2) is 23.1 Å². The van der Waals surface area contributed by atoms with Crippen LogP contribution in [0.3, 0.4) is 0 Å². The van der Waals surface area contributed by atoms with E-state index in [1.807, 2.05) is 6.26 Å². The van der Waals surface area contributed by atoms with E-state index < -0.39 is 12.1 Å². The number of benzene rings is 1. The fourth-order valence-electron chi connectivity index (χ4n) is 1.38. The van der Waals surface area contributed by atoms with Crippen LogP contribution in [-0.4, -0.2) is 31.0 Å². The number of carbonyl (C=O) groups is 1. The smallest absolute Gasteiger partial charge is 0.339 e. The molecule has 0 heterocycles. The first-order valence-corrected chi connectivity index (χ1v) is 6.43. The minimum Gasteiger partial charge on any atom is -0.496 e. The van der Waals surface area contributed by atoms with E-state index in [-0.39, 0.29) is 6.61 Å². The van der Waals surface area contributed by atoms with Gasteiger partial charge in [0.25, 0.3) is 0 Å². The predicted molar refractivity (Wildman–Crippen MR) is 66.4 cm³/mol. The van der Waals surface area contributed by atoms with Crippen molar-refractivity contribution >= 4 is 17.7 Å². The predicted octanol–water partition coefficient (Wildman–Crippen LogP) is 2.01. The van der Waals surface area contributed by atoms with Crippen molar-refractivity contribution in [2.45, 2.75) is 17.9 Å². The van der Waals surface area contributed by atoms with Crippen LogP contribution >= 0.6 is 11.8 Å². The highest BCUT2D eigenvalue weighted by Gasteiger charge is 2.19. The SMILES string of the molecule is CCOC(=O)C(O)c1ccc(OC)c(SC)c1. The number of aliphatic hydroxyl groups is 1. The van der Waals surface area contributed by atoms with Gasteiger partial charge < -0.3 is 14.6 Å². The highest BCUT2D eigenvalue weighted by molar-refractivity contribution is 7.98. The van der Waals surface area contributed by atoms with Crippen LogP contribution in [-0.2, 0) is 9.53 Å². The third-order valence-corrected chi connectivity index (χ3v) is 2.99. The van der Waals surface area contributed by atoms with E-state index >= 15 is 0 Å². The quantitative estimate of drug-likeness (QED) is 0.645. The van der Waals surface area contributed by atoms with Crippen molar-refractivity contribution in [1.29, 1.82) is 0 Å². The molecule has 94 valence electrons. The average Bonchev–Trinajstić information content (AvgIpc) is 2.37. The van der Waals surface area contributed by atoms with Crippen LogP contribution in [0.1, 0.15) is 18.6 Å². The van der Waals surface area contributed by atoms with Gasteiger partial charge in [-0.1, -0.05) is 6.07 Å². The van der Waals surface area contributed by atoms with Crippen molar-refractivity contribution in [3.63, 3.8) is 0 Å². The van der Waals surface area contributed by atoms with Crippen LogP contribution in [0.25, 0.3) is 0 Å². The monoisotopic (exact) mass is 256 g/mol. The van der Waals surface area contributed by atoms with Gasteiger partial charge >= 0.3 is 5.97 Å². The number of hydrogen-bond donors (Lipinski definition) is 1. The Morgan fingerprint density at radius 3 is 2.76 bits per heavy atom. The van der Waals surface area contributed by atoms with Gasteiger partial charge in [0.1, 0.15) is 5.75 Å². The first-order chi connectivity index (χ1) is 8.13. The van der Waals surface area contributed by atoms with Crippen LogP contribution in [0.5, 0.6) is 5.75 Å². The Hall–Kier alpha value is -1.20. The zero-order valence-corrected chi connectivity index (χ0v) is 10.9. The summed E-state index contributed by atoms with van der Waals surface area (Å²) in [5, 5.41) is 9.78. The Balaban J connectivity index is 2.95. The van der Waals surface area contributed by atoms with Crippen molar-refractivity contribution in [2.24, 2.45) is 0 Å². The second-order valence-corrected chi connectivity index (χ2v) is 4.12. The summed E-state index contributed by atoms with van der Waals surface area (Å²) in [6.45, 7) is 1.95. The summed E-state index contributed by atoms with van der Waals surface area (Å²) in [4.78, 5) is 12.3. The van der Waals surface area contributed by atoms with Gasteiger partial charge in [-0.3, -0.25) is 0 Å². The first kappa shape index (κ1) is 13.9. The average molecular weight is 256 g/mol. The molecule has 0 aromatic heterocycles. The molecular formula is C12H16O4S. The fourth-order valence-corrected chi connectivity index (χ4v) is 1.99. The highest BCUT2D eigenvalue weighted by Crippen LogP contribution is 2.30. The summed E-state index contributed by atoms with van der Waals surface area (Å²) in [5.74, 6) is 0.0852. The minimum atomic E-state index is -1.24. The molecule has 0 spiro atoms.